The second-order valence-corrected chi connectivity index (χ2v) is 10.0. The molecule has 0 radical (unpaired) electrons. The minimum Gasteiger partial charge on any atom is -0.497 e. The molecule has 0 fully saturated rings. The molecule has 1 aromatic carbocycles. The van der Waals surface area contributed by atoms with E-state index in [0.29, 0.717) is 46.4 Å². The fourth-order valence-corrected chi connectivity index (χ4v) is 5.36. The summed E-state index contributed by atoms with van der Waals surface area (Å²) in [5, 5.41) is 6.99. The Morgan fingerprint density at radius 3 is 2.45 bits per heavy atom. The number of rotatable bonds is 9. The Morgan fingerprint density at radius 2 is 1.83 bits per heavy atom. The van der Waals surface area contributed by atoms with Crippen molar-refractivity contribution in [1.29, 1.82) is 0 Å². The first kappa shape index (κ1) is 28.7. The number of amides is 2. The fraction of sp³-hybridized carbons (Fsp3) is 0.214. The van der Waals surface area contributed by atoms with Gasteiger partial charge in [-0.1, -0.05) is 0 Å². The molecular weight excluding hydrogens is 575 g/mol. The fourth-order valence-electron chi connectivity index (χ4n) is 4.36. The van der Waals surface area contributed by atoms with E-state index in [1.165, 1.54) is 12.3 Å². The summed E-state index contributed by atoms with van der Waals surface area (Å²) in [5.74, 6) is -0.260. The Bertz CT molecular complexity index is 1790. The van der Waals surface area contributed by atoms with E-state index >= 15 is 0 Å². The summed E-state index contributed by atoms with van der Waals surface area (Å²) < 4.78 is 59.5. The first-order valence-corrected chi connectivity index (χ1v) is 13.4. The molecule has 0 aliphatic heterocycles. The molecule has 0 aliphatic carbocycles. The lowest BCUT2D eigenvalue weighted by molar-refractivity contribution is -0.140. The highest BCUT2D eigenvalue weighted by atomic mass is 32.1. The molecule has 0 unspecified atom stereocenters. The molecule has 5 rings (SSSR count). The first-order chi connectivity index (χ1) is 20.0. The molecule has 0 bridgehead atoms. The molecule has 14 heteroatoms. The molecule has 0 saturated heterocycles. The van der Waals surface area contributed by atoms with Crippen LogP contribution in [0.15, 0.2) is 53.1 Å². The van der Waals surface area contributed by atoms with Crippen LogP contribution in [0.3, 0.4) is 0 Å². The van der Waals surface area contributed by atoms with Crippen LogP contribution in [0, 0.1) is 6.92 Å². The average molecular weight is 600 g/mol. The molecular formula is C28H24F3N5O5S. The number of hydrogen-bond donors (Lipinski definition) is 2. The van der Waals surface area contributed by atoms with E-state index < -0.39 is 23.7 Å². The van der Waals surface area contributed by atoms with Gasteiger partial charge < -0.3 is 24.9 Å². The number of carbonyl (C=O) groups is 2. The van der Waals surface area contributed by atoms with Crippen LogP contribution in [-0.4, -0.2) is 33.7 Å². The van der Waals surface area contributed by atoms with Gasteiger partial charge in [0.05, 0.1) is 19.0 Å². The standard InChI is InChI=1S/C28H24F3N5O5S/c1-4-36-14(2)19(12-33-36)18-11-21(28(29,30)31)34-27-22(18)23(24(42-27)25(32)37)35-26(38)20-10-9-17(41-20)13-40-16-7-5-15(39-3)6-8-16/h5-12H,4,13H2,1-3H3,(H2,32,37)(H,35,38). The van der Waals surface area contributed by atoms with Gasteiger partial charge in [-0.15, -0.1) is 11.3 Å². The number of hydrogen-bond acceptors (Lipinski definition) is 8. The largest absolute Gasteiger partial charge is 0.497 e. The zero-order chi connectivity index (χ0) is 30.2. The number of aryl methyl sites for hydroxylation is 1. The van der Waals surface area contributed by atoms with Crippen molar-refractivity contribution in [1.82, 2.24) is 14.8 Å². The molecule has 10 nitrogen and oxygen atoms in total. The number of primary amides is 1. The van der Waals surface area contributed by atoms with Gasteiger partial charge >= 0.3 is 6.18 Å². The lowest BCUT2D eigenvalue weighted by atomic mass is 10.0. The number of thiophene rings is 1. The van der Waals surface area contributed by atoms with E-state index in [1.54, 1.807) is 49.0 Å². The molecule has 4 heterocycles. The van der Waals surface area contributed by atoms with E-state index in [-0.39, 0.29) is 38.7 Å². The van der Waals surface area contributed by atoms with Gasteiger partial charge in [-0.3, -0.25) is 14.3 Å². The monoisotopic (exact) mass is 599 g/mol. The maximum atomic E-state index is 13.8. The van der Waals surface area contributed by atoms with Crippen LogP contribution >= 0.6 is 11.3 Å². The van der Waals surface area contributed by atoms with Gasteiger partial charge in [0.15, 0.2) is 5.76 Å². The third-order valence-electron chi connectivity index (χ3n) is 6.43. The summed E-state index contributed by atoms with van der Waals surface area (Å²) in [6.45, 7) is 4.05. The summed E-state index contributed by atoms with van der Waals surface area (Å²) in [4.78, 5) is 29.1. The number of methoxy groups -OCH3 is 1. The molecule has 0 spiro atoms. The van der Waals surface area contributed by atoms with Gasteiger partial charge in [-0.25, -0.2) is 4.98 Å². The number of fused-ring (bicyclic) bond motifs is 1. The predicted molar refractivity (Wildman–Crippen MR) is 149 cm³/mol. The van der Waals surface area contributed by atoms with Crippen LogP contribution in [0.1, 0.15) is 44.3 Å². The summed E-state index contributed by atoms with van der Waals surface area (Å²) in [7, 11) is 1.55. The van der Waals surface area contributed by atoms with Crippen LogP contribution < -0.4 is 20.5 Å². The lowest BCUT2D eigenvalue weighted by Gasteiger charge is -2.12. The van der Waals surface area contributed by atoms with Gasteiger partial charge in [0.25, 0.3) is 11.8 Å². The highest BCUT2D eigenvalue weighted by Gasteiger charge is 2.35. The Balaban J connectivity index is 1.51. The number of nitrogens with two attached hydrogens (primary N) is 1. The van der Waals surface area contributed by atoms with Crippen molar-refractivity contribution in [3.63, 3.8) is 0 Å². The molecule has 0 aliphatic rings. The van der Waals surface area contributed by atoms with Crippen molar-refractivity contribution in [2.75, 3.05) is 12.4 Å². The normalized spacial score (nSPS) is 11.6. The Hall–Kier alpha value is -4.85. The van der Waals surface area contributed by atoms with E-state index in [4.69, 9.17) is 19.6 Å². The number of anilines is 1. The zero-order valence-corrected chi connectivity index (χ0v) is 23.4. The molecule has 2 amide bonds. The van der Waals surface area contributed by atoms with Gasteiger partial charge in [0, 0.05) is 23.2 Å². The minimum atomic E-state index is -4.77. The van der Waals surface area contributed by atoms with Crippen LogP contribution in [0.2, 0.25) is 0 Å². The SMILES string of the molecule is CCn1ncc(-c2cc(C(F)(F)F)nc3sc(C(N)=O)c(NC(=O)c4ccc(COc5ccc(OC)cc5)o4)c23)c1C. The number of ether oxygens (including phenoxy) is 2. The van der Waals surface area contributed by atoms with Crippen molar-refractivity contribution in [3.05, 3.63) is 76.4 Å². The summed E-state index contributed by atoms with van der Waals surface area (Å²) in [6.07, 6.45) is -3.33. The molecule has 3 N–H and O–H groups in total. The van der Waals surface area contributed by atoms with Crippen LogP contribution in [0.25, 0.3) is 21.3 Å². The number of nitrogens with one attached hydrogen (secondary N) is 1. The maximum Gasteiger partial charge on any atom is 0.433 e. The molecule has 218 valence electrons. The number of halogens is 3. The summed E-state index contributed by atoms with van der Waals surface area (Å²) >= 11 is 0.653. The van der Waals surface area contributed by atoms with Crippen molar-refractivity contribution in [2.24, 2.45) is 5.73 Å². The maximum absolute atomic E-state index is 13.8. The van der Waals surface area contributed by atoms with Crippen molar-refractivity contribution in [2.45, 2.75) is 33.2 Å². The number of aromatic nitrogens is 3. The number of furan rings is 1. The minimum absolute atomic E-state index is 0.0164. The zero-order valence-electron chi connectivity index (χ0n) is 22.5. The smallest absolute Gasteiger partial charge is 0.433 e. The number of nitrogens with zero attached hydrogens (tertiary/aromatic N) is 3. The average Bonchev–Trinajstić information content (AvgIpc) is 3.68. The van der Waals surface area contributed by atoms with Crippen LogP contribution in [-0.2, 0) is 19.3 Å². The van der Waals surface area contributed by atoms with Crippen molar-refractivity contribution in [3.8, 4) is 22.6 Å². The number of pyridine rings is 1. The molecule has 42 heavy (non-hydrogen) atoms. The van der Waals surface area contributed by atoms with E-state index in [0.717, 1.165) is 6.07 Å². The Labute approximate surface area is 240 Å². The summed E-state index contributed by atoms with van der Waals surface area (Å²) in [6, 6.07) is 10.7. The topological polar surface area (TPSA) is 134 Å². The second-order valence-electron chi connectivity index (χ2n) is 9.05. The van der Waals surface area contributed by atoms with Gasteiger partial charge in [0.2, 0.25) is 0 Å². The van der Waals surface area contributed by atoms with Gasteiger partial charge in [-0.2, -0.15) is 18.3 Å². The first-order valence-electron chi connectivity index (χ1n) is 12.5. The highest BCUT2D eigenvalue weighted by Crippen LogP contribution is 2.44. The quantitative estimate of drug-likeness (QED) is 0.211. The van der Waals surface area contributed by atoms with Crippen LogP contribution in [0.5, 0.6) is 11.5 Å². The number of alkyl halides is 3. The summed E-state index contributed by atoms with van der Waals surface area (Å²) in [5.41, 5.74) is 5.43. The molecule has 4 aromatic heterocycles. The Kier molecular flexibility index (Phi) is 7.65. The predicted octanol–water partition coefficient (Wildman–Crippen LogP) is 6.04. The molecule has 5 aromatic rings. The van der Waals surface area contributed by atoms with Crippen LogP contribution in [0.4, 0.5) is 18.9 Å². The molecule has 0 saturated carbocycles. The van der Waals surface area contributed by atoms with Gasteiger partial charge in [0.1, 0.15) is 39.3 Å². The van der Waals surface area contributed by atoms with Crippen molar-refractivity contribution < 1.29 is 36.7 Å². The Morgan fingerprint density at radius 1 is 1.12 bits per heavy atom. The second kappa shape index (κ2) is 11.2. The molecule has 0 atom stereocenters. The van der Waals surface area contributed by atoms with E-state index in [1.807, 2.05) is 6.92 Å². The lowest BCUT2D eigenvalue weighted by Crippen LogP contribution is -2.16. The third-order valence-corrected chi connectivity index (χ3v) is 7.53. The van der Waals surface area contributed by atoms with E-state index in [9.17, 15) is 22.8 Å². The van der Waals surface area contributed by atoms with Crippen molar-refractivity contribution >= 4 is 39.1 Å². The highest BCUT2D eigenvalue weighted by molar-refractivity contribution is 7.21. The van der Waals surface area contributed by atoms with E-state index in [2.05, 4.69) is 15.4 Å². The third kappa shape index (κ3) is 5.52. The number of carbonyl (C=O) groups excluding carboxylic acids is 2. The van der Waals surface area contributed by atoms with Gasteiger partial charge in [-0.05, 0) is 61.9 Å². The number of benzene rings is 1.